The summed E-state index contributed by atoms with van der Waals surface area (Å²) < 4.78 is 7.00. The molecule has 3 heterocycles. The molecule has 1 aliphatic heterocycles. The van der Waals surface area contributed by atoms with Crippen molar-refractivity contribution in [2.24, 2.45) is 5.92 Å². The lowest BCUT2D eigenvalue weighted by atomic mass is 10.0. The number of halogens is 1. The maximum absolute atomic E-state index is 11.7. The summed E-state index contributed by atoms with van der Waals surface area (Å²) in [5, 5.41) is 6.09. The number of pyridine rings is 1. The van der Waals surface area contributed by atoms with Gasteiger partial charge in [-0.2, -0.15) is 5.10 Å². The van der Waals surface area contributed by atoms with Gasteiger partial charge < -0.3 is 9.64 Å². The van der Waals surface area contributed by atoms with Crippen LogP contribution in [0.3, 0.4) is 0 Å². The maximum Gasteiger partial charge on any atom is 0.312 e. The van der Waals surface area contributed by atoms with Crippen molar-refractivity contribution in [3.05, 3.63) is 17.4 Å². The van der Waals surface area contributed by atoms with Crippen LogP contribution in [0.25, 0.3) is 10.9 Å². The first-order valence-electron chi connectivity index (χ1n) is 7.46. The van der Waals surface area contributed by atoms with E-state index in [-0.39, 0.29) is 17.9 Å². The molecular weight excluding hydrogens is 304 g/mol. The zero-order valence-electron chi connectivity index (χ0n) is 12.9. The lowest BCUT2D eigenvalue weighted by molar-refractivity contribution is -0.148. The van der Waals surface area contributed by atoms with Gasteiger partial charge in [-0.1, -0.05) is 11.6 Å². The highest BCUT2D eigenvalue weighted by molar-refractivity contribution is 6.30. The molecule has 1 saturated heterocycles. The molecule has 2 aromatic heterocycles. The first kappa shape index (κ1) is 15.1. The number of carbonyl (C=O) groups is 1. The van der Waals surface area contributed by atoms with Crippen molar-refractivity contribution < 1.29 is 9.53 Å². The number of hydrogen-bond donors (Lipinski definition) is 0. The fourth-order valence-electron chi connectivity index (χ4n) is 2.68. The highest BCUT2D eigenvalue weighted by Gasteiger charge is 2.36. The summed E-state index contributed by atoms with van der Waals surface area (Å²) in [5.74, 6) is 0.653. The van der Waals surface area contributed by atoms with E-state index in [1.807, 2.05) is 17.7 Å². The first-order valence-corrected chi connectivity index (χ1v) is 7.84. The molecule has 7 heteroatoms. The van der Waals surface area contributed by atoms with E-state index in [0.29, 0.717) is 24.8 Å². The van der Waals surface area contributed by atoms with E-state index in [0.717, 1.165) is 16.7 Å². The van der Waals surface area contributed by atoms with Gasteiger partial charge in [-0.3, -0.25) is 9.48 Å². The highest BCUT2D eigenvalue weighted by atomic mass is 35.5. The number of rotatable bonds is 4. The van der Waals surface area contributed by atoms with Crippen LogP contribution in [0.15, 0.2) is 12.3 Å². The Morgan fingerprint density at radius 2 is 2.23 bits per heavy atom. The normalized spacial score (nSPS) is 15.4. The van der Waals surface area contributed by atoms with Crippen molar-refractivity contribution >= 4 is 34.3 Å². The molecule has 22 heavy (non-hydrogen) atoms. The SMILES string of the molecule is CCOC(=O)C1CN(c2nn(C(C)C)c3cc(Cl)ncc23)C1. The van der Waals surface area contributed by atoms with Crippen LogP contribution >= 0.6 is 11.6 Å². The summed E-state index contributed by atoms with van der Waals surface area (Å²) in [4.78, 5) is 18.0. The minimum absolute atomic E-state index is 0.0699. The molecule has 0 radical (unpaired) electrons. The molecule has 0 saturated carbocycles. The maximum atomic E-state index is 11.7. The van der Waals surface area contributed by atoms with Gasteiger partial charge in [0.05, 0.1) is 23.4 Å². The Kier molecular flexibility index (Phi) is 3.95. The van der Waals surface area contributed by atoms with Crippen molar-refractivity contribution in [1.82, 2.24) is 14.8 Å². The number of esters is 1. The molecule has 0 aliphatic carbocycles. The van der Waals surface area contributed by atoms with Gasteiger partial charge in [0, 0.05) is 31.4 Å². The van der Waals surface area contributed by atoms with Gasteiger partial charge in [0.25, 0.3) is 0 Å². The van der Waals surface area contributed by atoms with Crippen molar-refractivity contribution in [2.45, 2.75) is 26.8 Å². The van der Waals surface area contributed by atoms with Crippen LogP contribution in [0.4, 0.5) is 5.82 Å². The van der Waals surface area contributed by atoms with Crippen LogP contribution in [0, 0.1) is 5.92 Å². The van der Waals surface area contributed by atoms with E-state index in [1.54, 1.807) is 6.20 Å². The van der Waals surface area contributed by atoms with E-state index in [2.05, 4.69) is 28.8 Å². The monoisotopic (exact) mass is 322 g/mol. The van der Waals surface area contributed by atoms with Gasteiger partial charge >= 0.3 is 5.97 Å². The Labute approximate surface area is 134 Å². The summed E-state index contributed by atoms with van der Waals surface area (Å²) in [7, 11) is 0. The van der Waals surface area contributed by atoms with Gasteiger partial charge in [-0.25, -0.2) is 4.98 Å². The largest absolute Gasteiger partial charge is 0.466 e. The molecule has 2 aromatic rings. The quantitative estimate of drug-likeness (QED) is 0.640. The predicted octanol–water partition coefficient (Wildman–Crippen LogP) is 2.66. The van der Waals surface area contributed by atoms with E-state index in [9.17, 15) is 4.79 Å². The van der Waals surface area contributed by atoms with Crippen LogP contribution in [0.5, 0.6) is 0 Å². The standard InChI is InChI=1S/C15H19ClN4O2/c1-4-22-15(21)10-7-19(8-10)14-11-6-17-13(16)5-12(11)20(18-14)9(2)3/h5-6,9-10H,4,7-8H2,1-3H3. The number of aromatic nitrogens is 3. The zero-order chi connectivity index (χ0) is 15.9. The fraction of sp³-hybridized carbons (Fsp3) is 0.533. The van der Waals surface area contributed by atoms with Gasteiger partial charge in [0.2, 0.25) is 0 Å². The molecule has 6 nitrogen and oxygen atoms in total. The average molecular weight is 323 g/mol. The van der Waals surface area contributed by atoms with E-state index in [1.165, 1.54) is 0 Å². The smallest absolute Gasteiger partial charge is 0.312 e. The minimum atomic E-state index is -0.132. The lowest BCUT2D eigenvalue weighted by Crippen LogP contribution is -2.51. The average Bonchev–Trinajstić information content (AvgIpc) is 2.76. The van der Waals surface area contributed by atoms with E-state index < -0.39 is 0 Å². The Morgan fingerprint density at radius 3 is 2.86 bits per heavy atom. The lowest BCUT2D eigenvalue weighted by Gasteiger charge is -2.37. The number of nitrogens with zero attached hydrogens (tertiary/aromatic N) is 4. The Bertz CT molecular complexity index is 707. The summed E-state index contributed by atoms with van der Waals surface area (Å²) in [6.45, 7) is 7.64. The number of hydrogen-bond acceptors (Lipinski definition) is 5. The van der Waals surface area contributed by atoms with Crippen molar-refractivity contribution in [3.8, 4) is 0 Å². The van der Waals surface area contributed by atoms with Crippen LogP contribution in [0.1, 0.15) is 26.8 Å². The number of carbonyl (C=O) groups excluding carboxylic acids is 1. The summed E-state index contributed by atoms with van der Waals surface area (Å²) in [6, 6.07) is 2.05. The Morgan fingerprint density at radius 1 is 1.50 bits per heavy atom. The van der Waals surface area contributed by atoms with Gasteiger partial charge in [0.1, 0.15) is 5.15 Å². The topological polar surface area (TPSA) is 60.2 Å². The van der Waals surface area contributed by atoms with Crippen LogP contribution in [-0.4, -0.2) is 40.4 Å². The molecule has 3 rings (SSSR count). The summed E-state index contributed by atoms with van der Waals surface area (Å²) in [6.07, 6.45) is 1.75. The molecule has 0 atom stereocenters. The minimum Gasteiger partial charge on any atom is -0.466 e. The number of anilines is 1. The van der Waals surface area contributed by atoms with Gasteiger partial charge in [-0.15, -0.1) is 0 Å². The van der Waals surface area contributed by atoms with Crippen molar-refractivity contribution in [2.75, 3.05) is 24.6 Å². The summed E-state index contributed by atoms with van der Waals surface area (Å²) in [5.41, 5.74) is 0.963. The molecule has 1 fully saturated rings. The summed E-state index contributed by atoms with van der Waals surface area (Å²) >= 11 is 6.00. The van der Waals surface area contributed by atoms with Crippen LogP contribution in [0.2, 0.25) is 5.15 Å². The second-order valence-corrected chi connectivity index (χ2v) is 6.13. The third-order valence-electron chi connectivity index (χ3n) is 3.83. The van der Waals surface area contributed by atoms with Gasteiger partial charge in [-0.05, 0) is 20.8 Å². The highest BCUT2D eigenvalue weighted by Crippen LogP contribution is 2.33. The van der Waals surface area contributed by atoms with E-state index in [4.69, 9.17) is 16.3 Å². The third-order valence-corrected chi connectivity index (χ3v) is 4.04. The molecule has 0 amide bonds. The zero-order valence-corrected chi connectivity index (χ0v) is 13.7. The third kappa shape index (κ3) is 2.52. The number of ether oxygens (including phenoxy) is 1. The predicted molar refractivity (Wildman–Crippen MR) is 85.3 cm³/mol. The second-order valence-electron chi connectivity index (χ2n) is 5.74. The van der Waals surface area contributed by atoms with Gasteiger partial charge in [0.15, 0.2) is 5.82 Å². The fourth-order valence-corrected chi connectivity index (χ4v) is 2.83. The van der Waals surface area contributed by atoms with Crippen LogP contribution < -0.4 is 4.90 Å². The van der Waals surface area contributed by atoms with Crippen LogP contribution in [-0.2, 0) is 9.53 Å². The van der Waals surface area contributed by atoms with Crippen molar-refractivity contribution in [1.29, 1.82) is 0 Å². The number of fused-ring (bicyclic) bond motifs is 1. The Hall–Kier alpha value is -1.82. The molecule has 1 aliphatic rings. The van der Waals surface area contributed by atoms with E-state index >= 15 is 0 Å². The molecule has 118 valence electrons. The molecule has 0 N–H and O–H groups in total. The Balaban J connectivity index is 1.88. The second kappa shape index (κ2) is 5.76. The molecule has 0 unspecified atom stereocenters. The molecule has 0 spiro atoms. The molecular formula is C15H19ClN4O2. The molecule has 0 aromatic carbocycles. The molecule has 0 bridgehead atoms. The first-order chi connectivity index (χ1) is 10.5. The van der Waals surface area contributed by atoms with Crippen molar-refractivity contribution in [3.63, 3.8) is 0 Å².